The summed E-state index contributed by atoms with van der Waals surface area (Å²) in [5, 5.41) is 2.28. The Hall–Kier alpha value is -1.35. The molecule has 0 aliphatic carbocycles. The number of ketones is 1. The van der Waals surface area contributed by atoms with E-state index in [0.29, 0.717) is 5.56 Å². The van der Waals surface area contributed by atoms with Crippen molar-refractivity contribution in [3.05, 3.63) is 29.3 Å². The van der Waals surface area contributed by atoms with Crippen molar-refractivity contribution in [2.24, 2.45) is 5.92 Å². The highest BCUT2D eigenvalue weighted by Gasteiger charge is 2.14. The molecule has 0 radical (unpaired) electrons. The highest BCUT2D eigenvalue weighted by atomic mass is 35.5. The number of nitrogens with one attached hydrogen (secondary N) is 1. The van der Waals surface area contributed by atoms with Crippen LogP contribution in [0.15, 0.2) is 18.2 Å². The maximum absolute atomic E-state index is 11.7. The number of amides is 1. The number of anilines is 1. The fourth-order valence-electron chi connectivity index (χ4n) is 1.46. The molecule has 0 bridgehead atoms. The van der Waals surface area contributed by atoms with E-state index in [2.05, 4.69) is 5.32 Å². The molecular weight excluding hydrogens is 250 g/mol. The number of rotatable bonds is 4. The zero-order valence-electron chi connectivity index (χ0n) is 11.1. The third-order valence-electron chi connectivity index (χ3n) is 2.65. The molecule has 1 amide bonds. The third kappa shape index (κ3) is 3.57. The van der Waals surface area contributed by atoms with Crippen LogP contribution in [0.3, 0.4) is 0 Å². The molecule has 1 rings (SSSR count). The molecular formula is C14H18ClNO2. The Kier molecular flexibility index (Phi) is 4.91. The second-order valence-electron chi connectivity index (χ2n) is 4.65. The van der Waals surface area contributed by atoms with E-state index in [4.69, 9.17) is 11.6 Å². The van der Waals surface area contributed by atoms with Crippen LogP contribution in [0.2, 0.25) is 0 Å². The molecule has 0 saturated heterocycles. The third-order valence-corrected chi connectivity index (χ3v) is 2.85. The SMILES string of the molecule is Cc1cc(C(=O)C(C)Cl)ccc1NC(=O)C(C)C. The maximum atomic E-state index is 11.7. The van der Waals surface area contributed by atoms with E-state index in [9.17, 15) is 9.59 Å². The summed E-state index contributed by atoms with van der Waals surface area (Å²) >= 11 is 5.76. The van der Waals surface area contributed by atoms with Crippen molar-refractivity contribution in [3.8, 4) is 0 Å². The zero-order valence-corrected chi connectivity index (χ0v) is 11.8. The van der Waals surface area contributed by atoms with E-state index in [0.717, 1.165) is 11.3 Å². The molecule has 1 N–H and O–H groups in total. The van der Waals surface area contributed by atoms with Gasteiger partial charge in [0.05, 0.1) is 5.38 Å². The van der Waals surface area contributed by atoms with Gasteiger partial charge in [-0.1, -0.05) is 13.8 Å². The minimum Gasteiger partial charge on any atom is -0.326 e. The normalized spacial score (nSPS) is 12.3. The fourth-order valence-corrected chi connectivity index (χ4v) is 1.59. The molecule has 98 valence electrons. The van der Waals surface area contributed by atoms with Crippen molar-refractivity contribution in [1.82, 2.24) is 0 Å². The van der Waals surface area contributed by atoms with Crippen molar-refractivity contribution >= 4 is 29.0 Å². The summed E-state index contributed by atoms with van der Waals surface area (Å²) in [4.78, 5) is 23.3. The number of carbonyl (C=O) groups excluding carboxylic acids is 2. The first-order valence-corrected chi connectivity index (χ1v) is 6.36. The van der Waals surface area contributed by atoms with Crippen molar-refractivity contribution in [2.45, 2.75) is 33.1 Å². The Morgan fingerprint density at radius 3 is 2.28 bits per heavy atom. The molecule has 1 atom stereocenters. The number of carbonyl (C=O) groups is 2. The lowest BCUT2D eigenvalue weighted by Crippen LogP contribution is -2.18. The molecule has 0 fully saturated rings. The number of aryl methyl sites for hydroxylation is 1. The molecule has 4 heteroatoms. The van der Waals surface area contributed by atoms with Gasteiger partial charge in [0.2, 0.25) is 5.91 Å². The number of Topliss-reactive ketones (excluding diaryl/α,β-unsaturated/α-hetero) is 1. The van der Waals surface area contributed by atoms with Gasteiger partial charge >= 0.3 is 0 Å². The lowest BCUT2D eigenvalue weighted by molar-refractivity contribution is -0.118. The Bertz CT molecular complexity index is 467. The predicted octanol–water partition coefficient (Wildman–Crippen LogP) is 3.40. The first-order valence-electron chi connectivity index (χ1n) is 5.92. The minimum atomic E-state index is -0.541. The Morgan fingerprint density at radius 1 is 1.22 bits per heavy atom. The maximum Gasteiger partial charge on any atom is 0.226 e. The van der Waals surface area contributed by atoms with E-state index in [-0.39, 0.29) is 17.6 Å². The van der Waals surface area contributed by atoms with Gasteiger partial charge in [-0.15, -0.1) is 11.6 Å². The summed E-state index contributed by atoms with van der Waals surface area (Å²) in [7, 11) is 0. The van der Waals surface area contributed by atoms with E-state index in [1.807, 2.05) is 20.8 Å². The van der Waals surface area contributed by atoms with Crippen LogP contribution >= 0.6 is 11.6 Å². The number of hydrogen-bond acceptors (Lipinski definition) is 2. The molecule has 0 aliphatic rings. The monoisotopic (exact) mass is 267 g/mol. The summed E-state index contributed by atoms with van der Waals surface area (Å²) in [6.45, 7) is 7.16. The zero-order chi connectivity index (χ0) is 13.9. The highest BCUT2D eigenvalue weighted by molar-refractivity contribution is 6.33. The average molecular weight is 268 g/mol. The largest absolute Gasteiger partial charge is 0.326 e. The summed E-state index contributed by atoms with van der Waals surface area (Å²) in [5.74, 6) is -0.224. The van der Waals surface area contributed by atoms with Gasteiger partial charge in [0.1, 0.15) is 0 Å². The first kappa shape index (κ1) is 14.7. The van der Waals surface area contributed by atoms with Gasteiger partial charge in [-0.25, -0.2) is 0 Å². The van der Waals surface area contributed by atoms with E-state index < -0.39 is 5.38 Å². The second-order valence-corrected chi connectivity index (χ2v) is 5.31. The van der Waals surface area contributed by atoms with Gasteiger partial charge in [-0.2, -0.15) is 0 Å². The van der Waals surface area contributed by atoms with Crippen LogP contribution in [-0.2, 0) is 4.79 Å². The van der Waals surface area contributed by atoms with Crippen LogP contribution in [0.4, 0.5) is 5.69 Å². The van der Waals surface area contributed by atoms with Gasteiger partial charge in [-0.3, -0.25) is 9.59 Å². The van der Waals surface area contributed by atoms with Crippen LogP contribution in [0.1, 0.15) is 36.7 Å². The molecule has 0 heterocycles. The quantitative estimate of drug-likeness (QED) is 0.671. The van der Waals surface area contributed by atoms with Crippen molar-refractivity contribution in [3.63, 3.8) is 0 Å². The predicted molar refractivity (Wildman–Crippen MR) is 74.3 cm³/mol. The van der Waals surface area contributed by atoms with E-state index >= 15 is 0 Å². The summed E-state index contributed by atoms with van der Waals surface area (Å²) < 4.78 is 0. The van der Waals surface area contributed by atoms with E-state index in [1.54, 1.807) is 25.1 Å². The standard InChI is InChI=1S/C14H18ClNO2/c1-8(2)14(18)16-12-6-5-11(7-9(12)3)13(17)10(4)15/h5-8,10H,1-4H3,(H,16,18). The van der Waals surface area contributed by atoms with Crippen LogP contribution in [0.5, 0.6) is 0 Å². The number of alkyl halides is 1. The van der Waals surface area contributed by atoms with Gasteiger partial charge in [0.25, 0.3) is 0 Å². The summed E-state index contributed by atoms with van der Waals surface area (Å²) in [6, 6.07) is 5.17. The summed E-state index contributed by atoms with van der Waals surface area (Å²) in [5.41, 5.74) is 2.15. The molecule has 3 nitrogen and oxygen atoms in total. The van der Waals surface area contributed by atoms with Crippen molar-refractivity contribution < 1.29 is 9.59 Å². The molecule has 1 aromatic carbocycles. The van der Waals surface area contributed by atoms with Crippen LogP contribution < -0.4 is 5.32 Å². The molecule has 0 saturated carbocycles. The molecule has 18 heavy (non-hydrogen) atoms. The lowest BCUT2D eigenvalue weighted by atomic mass is 10.0. The molecule has 1 unspecified atom stereocenters. The topological polar surface area (TPSA) is 46.2 Å². The van der Waals surface area contributed by atoms with Crippen LogP contribution in [0, 0.1) is 12.8 Å². The average Bonchev–Trinajstić information content (AvgIpc) is 2.30. The second kappa shape index (κ2) is 6.01. The van der Waals surface area contributed by atoms with Crippen LogP contribution in [-0.4, -0.2) is 17.1 Å². The Balaban J connectivity index is 2.93. The molecule has 0 spiro atoms. The Morgan fingerprint density at radius 2 is 1.83 bits per heavy atom. The molecule has 1 aromatic rings. The minimum absolute atomic E-state index is 0.0390. The number of benzene rings is 1. The van der Waals surface area contributed by atoms with Crippen molar-refractivity contribution in [2.75, 3.05) is 5.32 Å². The highest BCUT2D eigenvalue weighted by Crippen LogP contribution is 2.19. The lowest BCUT2D eigenvalue weighted by Gasteiger charge is -2.12. The first-order chi connectivity index (χ1) is 8.32. The summed E-state index contributed by atoms with van der Waals surface area (Å²) in [6.07, 6.45) is 0. The van der Waals surface area contributed by atoms with Gasteiger partial charge in [-0.05, 0) is 37.6 Å². The Labute approximate surface area is 113 Å². The number of halogens is 1. The van der Waals surface area contributed by atoms with Gasteiger partial charge < -0.3 is 5.32 Å². The van der Waals surface area contributed by atoms with E-state index in [1.165, 1.54) is 0 Å². The fraction of sp³-hybridized carbons (Fsp3) is 0.429. The van der Waals surface area contributed by atoms with Gasteiger partial charge in [0.15, 0.2) is 5.78 Å². The molecule has 0 aromatic heterocycles. The number of hydrogen-bond donors (Lipinski definition) is 1. The van der Waals surface area contributed by atoms with Crippen molar-refractivity contribution in [1.29, 1.82) is 0 Å². The molecule has 0 aliphatic heterocycles. The van der Waals surface area contributed by atoms with Gasteiger partial charge in [0, 0.05) is 17.2 Å². The smallest absolute Gasteiger partial charge is 0.226 e. The van der Waals surface area contributed by atoms with Crippen LogP contribution in [0.25, 0.3) is 0 Å².